The SMILES string of the molecule is COc1cc(CC(N)c2ccc3c(c2)OCO3)ncn1. The number of fused-ring (bicyclic) bond motifs is 1. The van der Waals surface area contributed by atoms with Crippen LogP contribution >= 0.6 is 0 Å². The summed E-state index contributed by atoms with van der Waals surface area (Å²) in [6, 6.07) is 7.33. The van der Waals surface area contributed by atoms with Crippen LogP contribution in [0.1, 0.15) is 17.3 Å². The van der Waals surface area contributed by atoms with Gasteiger partial charge in [-0.25, -0.2) is 9.97 Å². The second kappa shape index (κ2) is 5.34. The van der Waals surface area contributed by atoms with Gasteiger partial charge in [0.2, 0.25) is 12.7 Å². The summed E-state index contributed by atoms with van der Waals surface area (Å²) in [5, 5.41) is 0. The predicted octanol–water partition coefficient (Wildman–Crippen LogP) is 1.46. The van der Waals surface area contributed by atoms with Gasteiger partial charge in [-0.15, -0.1) is 0 Å². The largest absolute Gasteiger partial charge is 0.481 e. The Bertz CT molecular complexity index is 618. The lowest BCUT2D eigenvalue weighted by atomic mass is 10.0. The average Bonchev–Trinajstić information content (AvgIpc) is 2.94. The van der Waals surface area contributed by atoms with Gasteiger partial charge in [-0.3, -0.25) is 0 Å². The molecule has 2 N–H and O–H groups in total. The van der Waals surface area contributed by atoms with E-state index in [1.165, 1.54) is 6.33 Å². The topological polar surface area (TPSA) is 79.5 Å². The average molecular weight is 273 g/mol. The molecular formula is C14H15N3O3. The standard InChI is InChI=1S/C14H15N3O3/c1-18-14-6-10(16-7-17-14)5-11(15)9-2-3-12-13(4-9)20-8-19-12/h2-4,6-7,11H,5,8,15H2,1H3. The van der Waals surface area contributed by atoms with Gasteiger partial charge in [0, 0.05) is 24.2 Å². The van der Waals surface area contributed by atoms with Crippen molar-refractivity contribution in [3.63, 3.8) is 0 Å². The molecule has 0 aliphatic carbocycles. The number of rotatable bonds is 4. The lowest BCUT2D eigenvalue weighted by molar-refractivity contribution is 0.174. The zero-order valence-electron chi connectivity index (χ0n) is 11.1. The fourth-order valence-electron chi connectivity index (χ4n) is 2.09. The third-order valence-corrected chi connectivity index (χ3v) is 3.16. The van der Waals surface area contributed by atoms with E-state index < -0.39 is 0 Å². The zero-order chi connectivity index (χ0) is 13.9. The van der Waals surface area contributed by atoms with Crippen LogP contribution in [0.25, 0.3) is 0 Å². The second-order valence-corrected chi connectivity index (χ2v) is 4.48. The number of methoxy groups -OCH3 is 1. The highest BCUT2D eigenvalue weighted by Crippen LogP contribution is 2.34. The van der Waals surface area contributed by atoms with Gasteiger partial charge in [0.05, 0.1) is 7.11 Å². The molecule has 2 aromatic rings. The lowest BCUT2D eigenvalue weighted by Crippen LogP contribution is -2.14. The monoisotopic (exact) mass is 273 g/mol. The van der Waals surface area contributed by atoms with Crippen molar-refractivity contribution in [1.82, 2.24) is 9.97 Å². The number of nitrogens with two attached hydrogens (primary N) is 1. The van der Waals surface area contributed by atoms with Crippen molar-refractivity contribution >= 4 is 0 Å². The van der Waals surface area contributed by atoms with E-state index in [2.05, 4.69) is 9.97 Å². The van der Waals surface area contributed by atoms with E-state index in [0.29, 0.717) is 12.3 Å². The van der Waals surface area contributed by atoms with Crippen molar-refractivity contribution in [3.05, 3.63) is 41.9 Å². The molecule has 6 nitrogen and oxygen atoms in total. The molecule has 2 heterocycles. The van der Waals surface area contributed by atoms with Crippen LogP contribution in [0.4, 0.5) is 0 Å². The number of nitrogens with zero attached hydrogens (tertiary/aromatic N) is 2. The summed E-state index contributed by atoms with van der Waals surface area (Å²) in [7, 11) is 1.57. The normalized spacial score (nSPS) is 14.1. The molecule has 20 heavy (non-hydrogen) atoms. The fraction of sp³-hybridized carbons (Fsp3) is 0.286. The summed E-state index contributed by atoms with van der Waals surface area (Å²) in [5.41, 5.74) is 8.03. The highest BCUT2D eigenvalue weighted by molar-refractivity contribution is 5.45. The van der Waals surface area contributed by atoms with E-state index in [-0.39, 0.29) is 12.8 Å². The molecule has 104 valence electrons. The molecule has 1 aromatic heterocycles. The highest BCUT2D eigenvalue weighted by Gasteiger charge is 2.16. The van der Waals surface area contributed by atoms with Gasteiger partial charge in [0.1, 0.15) is 6.33 Å². The maximum absolute atomic E-state index is 6.22. The Balaban J connectivity index is 1.77. The van der Waals surface area contributed by atoms with Gasteiger partial charge < -0.3 is 19.9 Å². The summed E-state index contributed by atoms with van der Waals surface area (Å²) < 4.78 is 15.7. The van der Waals surface area contributed by atoms with Crippen molar-refractivity contribution < 1.29 is 14.2 Å². The molecule has 1 unspecified atom stereocenters. The maximum Gasteiger partial charge on any atom is 0.231 e. The van der Waals surface area contributed by atoms with Crippen LogP contribution in [-0.4, -0.2) is 23.9 Å². The molecule has 0 bridgehead atoms. The van der Waals surface area contributed by atoms with Gasteiger partial charge >= 0.3 is 0 Å². The third-order valence-electron chi connectivity index (χ3n) is 3.16. The molecular weight excluding hydrogens is 258 g/mol. The first kappa shape index (κ1) is 12.7. The first-order valence-electron chi connectivity index (χ1n) is 6.26. The molecule has 0 radical (unpaired) electrons. The van der Waals surface area contributed by atoms with Crippen LogP contribution in [0, 0.1) is 0 Å². The fourth-order valence-corrected chi connectivity index (χ4v) is 2.09. The van der Waals surface area contributed by atoms with Gasteiger partial charge in [-0.2, -0.15) is 0 Å². The van der Waals surface area contributed by atoms with Gasteiger partial charge in [0.15, 0.2) is 11.5 Å². The first-order chi connectivity index (χ1) is 9.76. The third kappa shape index (κ3) is 2.50. The molecule has 0 saturated carbocycles. The van der Waals surface area contributed by atoms with Gasteiger partial charge in [-0.1, -0.05) is 6.07 Å². The minimum Gasteiger partial charge on any atom is -0.481 e. The van der Waals surface area contributed by atoms with Crippen LogP contribution in [0.2, 0.25) is 0 Å². The molecule has 0 amide bonds. The van der Waals surface area contributed by atoms with Crippen LogP contribution in [0.3, 0.4) is 0 Å². The molecule has 0 spiro atoms. The van der Waals surface area contributed by atoms with E-state index in [0.717, 1.165) is 22.8 Å². The first-order valence-corrected chi connectivity index (χ1v) is 6.26. The van der Waals surface area contributed by atoms with Crippen molar-refractivity contribution in [2.75, 3.05) is 13.9 Å². The minimum absolute atomic E-state index is 0.177. The van der Waals surface area contributed by atoms with Gasteiger partial charge in [-0.05, 0) is 17.7 Å². The molecule has 1 aliphatic heterocycles. The maximum atomic E-state index is 6.22. The number of hydrogen-bond acceptors (Lipinski definition) is 6. The van der Waals surface area contributed by atoms with E-state index in [9.17, 15) is 0 Å². The second-order valence-electron chi connectivity index (χ2n) is 4.48. The molecule has 0 fully saturated rings. The van der Waals surface area contributed by atoms with Crippen LogP contribution in [-0.2, 0) is 6.42 Å². The van der Waals surface area contributed by atoms with E-state index in [1.54, 1.807) is 13.2 Å². The molecule has 1 aromatic carbocycles. The van der Waals surface area contributed by atoms with Crippen molar-refractivity contribution in [1.29, 1.82) is 0 Å². The van der Waals surface area contributed by atoms with Crippen LogP contribution < -0.4 is 19.9 Å². The van der Waals surface area contributed by atoms with Crippen molar-refractivity contribution in [2.45, 2.75) is 12.5 Å². The zero-order valence-corrected chi connectivity index (χ0v) is 11.1. The number of hydrogen-bond donors (Lipinski definition) is 1. The molecule has 6 heteroatoms. The smallest absolute Gasteiger partial charge is 0.231 e. The molecule has 0 saturated heterocycles. The summed E-state index contributed by atoms with van der Waals surface area (Å²) in [5.74, 6) is 2.02. The number of ether oxygens (including phenoxy) is 3. The Morgan fingerprint density at radius 1 is 1.25 bits per heavy atom. The van der Waals surface area contributed by atoms with E-state index in [4.69, 9.17) is 19.9 Å². The lowest BCUT2D eigenvalue weighted by Gasteiger charge is -2.12. The van der Waals surface area contributed by atoms with Crippen LogP contribution in [0.5, 0.6) is 17.4 Å². The highest BCUT2D eigenvalue weighted by atomic mass is 16.7. The Labute approximate surface area is 116 Å². The van der Waals surface area contributed by atoms with E-state index >= 15 is 0 Å². The van der Waals surface area contributed by atoms with Crippen molar-refractivity contribution in [3.8, 4) is 17.4 Å². The summed E-state index contributed by atoms with van der Waals surface area (Å²) >= 11 is 0. The minimum atomic E-state index is -0.177. The Hall–Kier alpha value is -2.34. The molecule has 1 atom stereocenters. The molecule has 3 rings (SSSR count). The van der Waals surface area contributed by atoms with Crippen LogP contribution in [0.15, 0.2) is 30.6 Å². The quantitative estimate of drug-likeness (QED) is 0.908. The van der Waals surface area contributed by atoms with Crippen molar-refractivity contribution in [2.24, 2.45) is 5.73 Å². The van der Waals surface area contributed by atoms with Gasteiger partial charge in [0.25, 0.3) is 0 Å². The predicted molar refractivity (Wildman–Crippen MR) is 71.8 cm³/mol. The van der Waals surface area contributed by atoms with E-state index in [1.807, 2.05) is 18.2 Å². The Morgan fingerprint density at radius 2 is 2.10 bits per heavy atom. The summed E-state index contributed by atoms with van der Waals surface area (Å²) in [4.78, 5) is 8.17. The Kier molecular flexibility index (Phi) is 3.39. The summed E-state index contributed by atoms with van der Waals surface area (Å²) in [6.07, 6.45) is 2.07. The number of benzene rings is 1. The Morgan fingerprint density at radius 3 is 2.95 bits per heavy atom. The molecule has 1 aliphatic rings. The number of aromatic nitrogens is 2. The summed E-state index contributed by atoms with van der Waals surface area (Å²) in [6.45, 7) is 0.261.